The maximum atomic E-state index is 10.3. The minimum atomic E-state index is -0.147. The van der Waals surface area contributed by atoms with E-state index >= 15 is 0 Å². The van der Waals surface area contributed by atoms with Gasteiger partial charge >= 0.3 is 0 Å². The maximum Gasteiger partial charge on any atom is 0.122 e. The quantitative estimate of drug-likeness (QED) is 0.870. The Morgan fingerprint density at radius 2 is 2.16 bits per heavy atom. The van der Waals surface area contributed by atoms with E-state index in [9.17, 15) is 5.11 Å². The molecule has 1 aromatic rings. The predicted octanol–water partition coefficient (Wildman–Crippen LogP) is 1.91. The Kier molecular flexibility index (Phi) is 4.04. The van der Waals surface area contributed by atoms with Crippen molar-refractivity contribution < 1.29 is 9.84 Å². The van der Waals surface area contributed by atoms with Gasteiger partial charge in [-0.3, -0.25) is 0 Å². The molecule has 0 saturated carbocycles. The lowest BCUT2D eigenvalue weighted by molar-refractivity contribution is 0.0813. The summed E-state index contributed by atoms with van der Waals surface area (Å²) in [6.07, 6.45) is 4.95. The summed E-state index contributed by atoms with van der Waals surface area (Å²) in [6.45, 7) is 2.92. The van der Waals surface area contributed by atoms with Crippen LogP contribution in [0.1, 0.15) is 30.4 Å². The number of hydrogen-bond donors (Lipinski definition) is 2. The Morgan fingerprint density at radius 1 is 1.32 bits per heavy atom. The van der Waals surface area contributed by atoms with Crippen LogP contribution >= 0.6 is 0 Å². The van der Waals surface area contributed by atoms with Crippen LogP contribution in [0.15, 0.2) is 18.2 Å². The van der Waals surface area contributed by atoms with E-state index in [1.165, 1.54) is 11.1 Å². The van der Waals surface area contributed by atoms with Gasteiger partial charge in [0, 0.05) is 6.42 Å². The third-order valence-corrected chi connectivity index (χ3v) is 4.41. The van der Waals surface area contributed by atoms with Crippen molar-refractivity contribution in [1.82, 2.24) is 5.32 Å². The van der Waals surface area contributed by atoms with Crippen LogP contribution in [0.5, 0.6) is 5.75 Å². The van der Waals surface area contributed by atoms with Gasteiger partial charge in [-0.05, 0) is 61.9 Å². The van der Waals surface area contributed by atoms with Gasteiger partial charge in [-0.2, -0.15) is 0 Å². The van der Waals surface area contributed by atoms with E-state index in [2.05, 4.69) is 23.5 Å². The van der Waals surface area contributed by atoms with Crippen LogP contribution in [0, 0.1) is 5.92 Å². The van der Waals surface area contributed by atoms with Crippen LogP contribution in [-0.2, 0) is 12.8 Å². The molecule has 0 spiro atoms. The lowest BCUT2D eigenvalue weighted by Crippen LogP contribution is -2.34. The molecule has 1 unspecified atom stereocenters. The highest BCUT2D eigenvalue weighted by Crippen LogP contribution is 2.27. The monoisotopic (exact) mass is 261 g/mol. The molecule has 2 aliphatic rings. The summed E-state index contributed by atoms with van der Waals surface area (Å²) in [4.78, 5) is 0. The maximum absolute atomic E-state index is 10.3. The van der Waals surface area contributed by atoms with Gasteiger partial charge in [0.1, 0.15) is 5.75 Å². The normalized spacial score (nSPS) is 20.9. The van der Waals surface area contributed by atoms with Crippen LogP contribution in [0.2, 0.25) is 0 Å². The number of aliphatic hydroxyl groups is 1. The van der Waals surface area contributed by atoms with Gasteiger partial charge < -0.3 is 15.2 Å². The highest BCUT2D eigenvalue weighted by molar-refractivity contribution is 5.39. The van der Waals surface area contributed by atoms with Gasteiger partial charge in [0.2, 0.25) is 0 Å². The Labute approximate surface area is 115 Å². The van der Waals surface area contributed by atoms with E-state index in [1.807, 2.05) is 0 Å². The number of rotatable bonds is 4. The summed E-state index contributed by atoms with van der Waals surface area (Å²) in [7, 11) is 0. The summed E-state index contributed by atoms with van der Waals surface area (Å²) in [5.74, 6) is 1.53. The number of hydrogen-bond acceptors (Lipinski definition) is 3. The number of aliphatic hydroxyl groups excluding tert-OH is 1. The van der Waals surface area contributed by atoms with Gasteiger partial charge in [-0.15, -0.1) is 0 Å². The molecule has 0 radical (unpaired) electrons. The molecule has 1 aromatic carbocycles. The van der Waals surface area contributed by atoms with Gasteiger partial charge in [0.05, 0.1) is 12.7 Å². The SMILES string of the molecule is OC(CCc1ccc2c(c1)CCO2)C1CCNCC1. The highest BCUT2D eigenvalue weighted by Gasteiger charge is 2.21. The van der Waals surface area contributed by atoms with Crippen LogP contribution < -0.4 is 10.1 Å². The number of piperidine rings is 1. The third kappa shape index (κ3) is 3.10. The standard InChI is InChI=1S/C16H23NO2/c18-15(13-5-8-17-9-6-13)3-1-12-2-4-16-14(11-12)7-10-19-16/h2,4,11,13,15,17-18H,1,3,5-10H2. The second-order valence-electron chi connectivity index (χ2n) is 5.73. The first-order chi connectivity index (χ1) is 9.33. The Hall–Kier alpha value is -1.06. The summed E-state index contributed by atoms with van der Waals surface area (Å²) < 4.78 is 5.52. The minimum Gasteiger partial charge on any atom is -0.493 e. The number of fused-ring (bicyclic) bond motifs is 1. The van der Waals surface area contributed by atoms with Crippen molar-refractivity contribution in [2.45, 2.75) is 38.2 Å². The first-order valence-corrected chi connectivity index (χ1v) is 7.46. The highest BCUT2D eigenvalue weighted by atomic mass is 16.5. The number of benzene rings is 1. The van der Waals surface area contributed by atoms with Crippen molar-refractivity contribution >= 4 is 0 Å². The van der Waals surface area contributed by atoms with Crippen molar-refractivity contribution in [2.24, 2.45) is 5.92 Å². The van der Waals surface area contributed by atoms with Gasteiger partial charge in [-0.1, -0.05) is 12.1 Å². The molecule has 0 amide bonds. The summed E-state index contributed by atoms with van der Waals surface area (Å²) >= 11 is 0. The van der Waals surface area contributed by atoms with E-state index < -0.39 is 0 Å². The topological polar surface area (TPSA) is 41.5 Å². The molecule has 2 aliphatic heterocycles. The molecule has 1 fully saturated rings. The molecule has 1 atom stereocenters. The average molecular weight is 261 g/mol. The fraction of sp³-hybridized carbons (Fsp3) is 0.625. The lowest BCUT2D eigenvalue weighted by atomic mass is 9.89. The van der Waals surface area contributed by atoms with Crippen molar-refractivity contribution in [1.29, 1.82) is 0 Å². The van der Waals surface area contributed by atoms with Gasteiger partial charge in [0.25, 0.3) is 0 Å². The van der Waals surface area contributed by atoms with Crippen molar-refractivity contribution in [3.8, 4) is 5.75 Å². The molecule has 0 aliphatic carbocycles. The molecule has 2 heterocycles. The fourth-order valence-corrected chi connectivity index (χ4v) is 3.17. The molecule has 2 N–H and O–H groups in total. The lowest BCUT2D eigenvalue weighted by Gasteiger charge is -2.27. The smallest absolute Gasteiger partial charge is 0.122 e. The molecule has 19 heavy (non-hydrogen) atoms. The summed E-state index contributed by atoms with van der Waals surface area (Å²) in [6, 6.07) is 6.46. The van der Waals surface area contributed by atoms with Crippen LogP contribution in [-0.4, -0.2) is 30.9 Å². The van der Waals surface area contributed by atoms with E-state index in [1.54, 1.807) is 0 Å². The predicted molar refractivity (Wildman–Crippen MR) is 75.6 cm³/mol. The molecule has 3 rings (SSSR count). The molecule has 0 aromatic heterocycles. The van der Waals surface area contributed by atoms with Gasteiger partial charge in [0.15, 0.2) is 0 Å². The molecule has 3 heteroatoms. The number of aryl methyl sites for hydroxylation is 1. The second-order valence-corrected chi connectivity index (χ2v) is 5.73. The number of ether oxygens (including phenoxy) is 1. The zero-order valence-electron chi connectivity index (χ0n) is 11.4. The van der Waals surface area contributed by atoms with E-state index in [-0.39, 0.29) is 6.10 Å². The molecule has 1 saturated heterocycles. The fourth-order valence-electron chi connectivity index (χ4n) is 3.17. The Morgan fingerprint density at radius 3 is 3.00 bits per heavy atom. The third-order valence-electron chi connectivity index (χ3n) is 4.41. The molecule has 104 valence electrons. The van der Waals surface area contributed by atoms with Gasteiger partial charge in [-0.25, -0.2) is 0 Å². The zero-order chi connectivity index (χ0) is 13.1. The number of nitrogens with one attached hydrogen (secondary N) is 1. The van der Waals surface area contributed by atoms with E-state index in [0.29, 0.717) is 5.92 Å². The van der Waals surface area contributed by atoms with Crippen LogP contribution in [0.3, 0.4) is 0 Å². The first-order valence-electron chi connectivity index (χ1n) is 7.46. The zero-order valence-corrected chi connectivity index (χ0v) is 11.4. The van der Waals surface area contributed by atoms with Crippen molar-refractivity contribution in [2.75, 3.05) is 19.7 Å². The second kappa shape index (κ2) is 5.93. The Bertz CT molecular complexity index is 427. The largest absolute Gasteiger partial charge is 0.493 e. The van der Waals surface area contributed by atoms with Crippen LogP contribution in [0.25, 0.3) is 0 Å². The molecular weight excluding hydrogens is 238 g/mol. The summed E-state index contributed by atoms with van der Waals surface area (Å²) in [5, 5.41) is 13.6. The van der Waals surface area contributed by atoms with E-state index in [4.69, 9.17) is 4.74 Å². The first kappa shape index (κ1) is 12.9. The minimum absolute atomic E-state index is 0.147. The summed E-state index contributed by atoms with van der Waals surface area (Å²) in [5.41, 5.74) is 2.66. The average Bonchev–Trinajstić information content (AvgIpc) is 2.93. The molecule has 0 bridgehead atoms. The van der Waals surface area contributed by atoms with E-state index in [0.717, 1.165) is 57.6 Å². The van der Waals surface area contributed by atoms with Crippen molar-refractivity contribution in [3.63, 3.8) is 0 Å². The molecular formula is C16H23NO2. The molecule has 3 nitrogen and oxygen atoms in total. The Balaban J connectivity index is 1.53. The van der Waals surface area contributed by atoms with Crippen molar-refractivity contribution in [3.05, 3.63) is 29.3 Å². The van der Waals surface area contributed by atoms with Crippen LogP contribution in [0.4, 0.5) is 0 Å².